The van der Waals surface area contributed by atoms with Crippen molar-refractivity contribution in [2.75, 3.05) is 0 Å². The van der Waals surface area contributed by atoms with E-state index in [0.29, 0.717) is 0 Å². The molecule has 2 N–H and O–H groups in total. The maximum atomic E-state index is 12.0. The maximum absolute atomic E-state index is 12.0. The maximum Gasteiger partial charge on any atom is 0.339 e. The molecule has 1 rings (SSSR count). The molecule has 1 aromatic rings. The van der Waals surface area contributed by atoms with Gasteiger partial charge in [-0.15, -0.1) is 0 Å². The largest absolute Gasteiger partial charge is 0.459 e. The van der Waals surface area contributed by atoms with Crippen LogP contribution in [0.15, 0.2) is 21.5 Å². The third kappa shape index (κ3) is 4.18. The predicted octanol–water partition coefficient (Wildman–Crippen LogP) is 2.95. The average Bonchev–Trinajstić information content (AvgIpc) is 2.26. The van der Waals surface area contributed by atoms with Crippen molar-refractivity contribution in [2.45, 2.75) is 31.8 Å². The Balaban J connectivity index is 3.22. The van der Waals surface area contributed by atoms with E-state index in [-0.39, 0.29) is 32.0 Å². The summed E-state index contributed by atoms with van der Waals surface area (Å²) in [5.74, 6) is -0.556. The summed E-state index contributed by atoms with van der Waals surface area (Å²) in [7, 11) is -3.96. The highest BCUT2D eigenvalue weighted by atomic mass is 79.9. The fourth-order valence-electron chi connectivity index (χ4n) is 1.27. The minimum atomic E-state index is -3.96. The Morgan fingerprint density at radius 2 is 1.90 bits per heavy atom. The summed E-state index contributed by atoms with van der Waals surface area (Å²) in [6.45, 7) is 5.55. The monoisotopic (exact) mass is 383 g/mol. The molecular weight excluding hydrogens is 370 g/mol. The lowest BCUT2D eigenvalue weighted by Crippen LogP contribution is -2.21. The van der Waals surface area contributed by atoms with Crippen molar-refractivity contribution in [2.24, 2.45) is 11.1 Å². The van der Waals surface area contributed by atoms with Crippen LogP contribution in [0.1, 0.15) is 31.1 Å². The van der Waals surface area contributed by atoms with Crippen LogP contribution in [0.3, 0.4) is 0 Å². The van der Waals surface area contributed by atoms with Crippen LogP contribution in [-0.4, -0.2) is 20.5 Å². The van der Waals surface area contributed by atoms with Gasteiger partial charge in [-0.2, -0.15) is 0 Å². The molecular formula is C12H15BrClNO4S. The first kappa shape index (κ1) is 17.4. The van der Waals surface area contributed by atoms with Crippen LogP contribution in [0.25, 0.3) is 0 Å². The molecule has 8 heteroatoms. The van der Waals surface area contributed by atoms with Crippen molar-refractivity contribution < 1.29 is 17.9 Å². The molecule has 5 nitrogen and oxygen atoms in total. The molecule has 0 heterocycles. The van der Waals surface area contributed by atoms with Gasteiger partial charge in [0.2, 0.25) is 10.0 Å². The first-order valence-electron chi connectivity index (χ1n) is 5.77. The van der Waals surface area contributed by atoms with Crippen LogP contribution < -0.4 is 5.14 Å². The number of sulfonamides is 1. The zero-order valence-corrected chi connectivity index (χ0v) is 14.3. The normalized spacial score (nSPS) is 13.3. The van der Waals surface area contributed by atoms with E-state index in [9.17, 15) is 13.2 Å². The van der Waals surface area contributed by atoms with E-state index in [1.807, 2.05) is 13.8 Å². The number of nitrogens with two attached hydrogens (primary N) is 1. The third-order valence-electron chi connectivity index (χ3n) is 2.78. The molecule has 1 aromatic carbocycles. The first-order valence-corrected chi connectivity index (χ1v) is 8.48. The van der Waals surface area contributed by atoms with Gasteiger partial charge >= 0.3 is 5.97 Å². The van der Waals surface area contributed by atoms with Gasteiger partial charge < -0.3 is 4.74 Å². The zero-order valence-electron chi connectivity index (χ0n) is 11.2. The Labute approximate surface area is 131 Å². The molecule has 0 aliphatic carbocycles. The van der Waals surface area contributed by atoms with Crippen LogP contribution >= 0.6 is 27.5 Å². The highest BCUT2D eigenvalue weighted by Gasteiger charge is 2.22. The SMILES string of the molecule is CC(C)C(C)OC(=O)c1cc(S(N)(=O)=O)c(Br)cc1Cl. The van der Waals surface area contributed by atoms with Crippen LogP contribution in [0.5, 0.6) is 0 Å². The second-order valence-corrected chi connectivity index (χ2v) is 7.45. The molecule has 0 amide bonds. The van der Waals surface area contributed by atoms with E-state index in [4.69, 9.17) is 21.5 Å². The number of carbonyl (C=O) groups excluding carboxylic acids is 1. The number of esters is 1. The lowest BCUT2D eigenvalue weighted by molar-refractivity contribution is 0.0238. The van der Waals surface area contributed by atoms with E-state index >= 15 is 0 Å². The summed E-state index contributed by atoms with van der Waals surface area (Å²) < 4.78 is 28.3. The molecule has 0 aromatic heterocycles. The standard InChI is InChI=1S/C12H15BrClNO4S/c1-6(2)7(3)19-12(16)8-4-11(20(15,17)18)9(13)5-10(8)14/h4-7H,1-3H3,(H2,15,17,18). The van der Waals surface area contributed by atoms with Gasteiger partial charge in [0.25, 0.3) is 0 Å². The lowest BCUT2D eigenvalue weighted by Gasteiger charge is -2.17. The molecule has 0 aliphatic rings. The first-order chi connectivity index (χ1) is 9.04. The molecule has 0 saturated carbocycles. The van der Waals surface area contributed by atoms with Gasteiger partial charge in [0, 0.05) is 4.47 Å². The van der Waals surface area contributed by atoms with Crippen molar-refractivity contribution >= 4 is 43.5 Å². The summed E-state index contributed by atoms with van der Waals surface area (Å²) in [5.41, 5.74) is -0.0357. The Morgan fingerprint density at radius 3 is 2.35 bits per heavy atom. The van der Waals surface area contributed by atoms with E-state index < -0.39 is 16.0 Å². The van der Waals surface area contributed by atoms with Crippen LogP contribution in [-0.2, 0) is 14.8 Å². The van der Waals surface area contributed by atoms with Gasteiger partial charge in [0.1, 0.15) is 6.10 Å². The van der Waals surface area contributed by atoms with Gasteiger partial charge in [-0.1, -0.05) is 25.4 Å². The molecule has 0 fully saturated rings. The Hall–Kier alpha value is -0.630. The second-order valence-electron chi connectivity index (χ2n) is 4.66. The molecule has 20 heavy (non-hydrogen) atoms. The molecule has 1 atom stereocenters. The van der Waals surface area contributed by atoms with Crippen molar-refractivity contribution in [1.82, 2.24) is 0 Å². The number of primary sulfonamides is 1. The average molecular weight is 385 g/mol. The highest BCUT2D eigenvalue weighted by Crippen LogP contribution is 2.29. The number of ether oxygens (including phenoxy) is 1. The number of hydrogen-bond acceptors (Lipinski definition) is 4. The summed E-state index contributed by atoms with van der Waals surface area (Å²) >= 11 is 8.99. The fourth-order valence-corrected chi connectivity index (χ4v) is 3.28. The Bertz CT molecular complexity index is 631. The second kappa shape index (κ2) is 6.43. The van der Waals surface area contributed by atoms with E-state index in [1.165, 1.54) is 6.07 Å². The minimum Gasteiger partial charge on any atom is -0.459 e. The Kier molecular flexibility index (Phi) is 5.60. The number of halogens is 2. The zero-order chi connectivity index (χ0) is 15.7. The fraction of sp³-hybridized carbons (Fsp3) is 0.417. The van der Waals surface area contributed by atoms with Crippen molar-refractivity contribution in [3.63, 3.8) is 0 Å². The molecule has 0 aliphatic heterocycles. The smallest absolute Gasteiger partial charge is 0.339 e. The summed E-state index contributed by atoms with van der Waals surface area (Å²) in [4.78, 5) is 11.8. The number of carbonyl (C=O) groups is 1. The Morgan fingerprint density at radius 1 is 1.35 bits per heavy atom. The minimum absolute atomic E-state index is 0.0357. The number of hydrogen-bond donors (Lipinski definition) is 1. The molecule has 0 saturated heterocycles. The van der Waals surface area contributed by atoms with E-state index in [2.05, 4.69) is 15.9 Å². The summed E-state index contributed by atoms with van der Waals surface area (Å²) in [5, 5.41) is 5.16. The van der Waals surface area contributed by atoms with E-state index in [1.54, 1.807) is 6.92 Å². The predicted molar refractivity (Wildman–Crippen MR) is 80.2 cm³/mol. The molecule has 112 valence electrons. The van der Waals surface area contributed by atoms with Crippen LogP contribution in [0, 0.1) is 5.92 Å². The van der Waals surface area contributed by atoms with Gasteiger partial charge in [0.15, 0.2) is 0 Å². The highest BCUT2D eigenvalue weighted by molar-refractivity contribution is 9.10. The quantitative estimate of drug-likeness (QED) is 0.809. The van der Waals surface area contributed by atoms with Crippen molar-refractivity contribution in [3.05, 3.63) is 27.2 Å². The van der Waals surface area contributed by atoms with Gasteiger partial charge in [0.05, 0.1) is 15.5 Å². The third-order valence-corrected chi connectivity index (χ3v) is 4.96. The van der Waals surface area contributed by atoms with Gasteiger partial charge in [-0.3, -0.25) is 0 Å². The molecule has 0 bridgehead atoms. The van der Waals surface area contributed by atoms with Crippen LogP contribution in [0.2, 0.25) is 5.02 Å². The molecule has 0 spiro atoms. The topological polar surface area (TPSA) is 86.5 Å². The molecule has 0 radical (unpaired) electrons. The summed E-state index contributed by atoms with van der Waals surface area (Å²) in [6, 6.07) is 2.41. The lowest BCUT2D eigenvalue weighted by atomic mass is 10.1. The number of benzene rings is 1. The van der Waals surface area contributed by atoms with Crippen LogP contribution in [0.4, 0.5) is 0 Å². The van der Waals surface area contributed by atoms with Gasteiger partial charge in [-0.25, -0.2) is 18.4 Å². The number of rotatable bonds is 4. The molecule has 1 unspecified atom stereocenters. The van der Waals surface area contributed by atoms with Crippen molar-refractivity contribution in [3.8, 4) is 0 Å². The summed E-state index contributed by atoms with van der Waals surface area (Å²) in [6.07, 6.45) is -0.319. The van der Waals surface area contributed by atoms with Gasteiger partial charge in [-0.05, 0) is 40.9 Å². The van der Waals surface area contributed by atoms with Crippen molar-refractivity contribution in [1.29, 1.82) is 0 Å². The van der Waals surface area contributed by atoms with E-state index in [0.717, 1.165) is 6.07 Å².